The molecular formula is C12H19ClN2O3S2. The van der Waals surface area contributed by atoms with E-state index in [0.29, 0.717) is 6.54 Å². The normalized spacial score (nSPS) is 11.7. The maximum Gasteiger partial charge on any atom is 0.266 e. The second kappa shape index (κ2) is 8.71. The van der Waals surface area contributed by atoms with Gasteiger partial charge in [0.1, 0.15) is 5.02 Å². The maximum atomic E-state index is 11.9. The Morgan fingerprint density at radius 3 is 2.65 bits per heavy atom. The van der Waals surface area contributed by atoms with E-state index in [-0.39, 0.29) is 9.92 Å². The minimum absolute atomic E-state index is 0.0236. The lowest BCUT2D eigenvalue weighted by Crippen LogP contribution is -2.25. The number of H-pyrrole nitrogens is 1. The summed E-state index contributed by atoms with van der Waals surface area (Å²) in [5.41, 5.74) is -0.501. The second-order valence-corrected chi connectivity index (χ2v) is 7.48. The van der Waals surface area contributed by atoms with Crippen molar-refractivity contribution in [2.45, 2.75) is 30.6 Å². The molecule has 0 saturated carbocycles. The van der Waals surface area contributed by atoms with Crippen LogP contribution in [0.4, 0.5) is 0 Å². The summed E-state index contributed by atoms with van der Waals surface area (Å²) in [6.45, 7) is 0.387. The van der Waals surface area contributed by atoms with Crippen LogP contribution in [0.15, 0.2) is 22.0 Å². The Labute approximate surface area is 128 Å². The van der Waals surface area contributed by atoms with Gasteiger partial charge >= 0.3 is 0 Å². The number of aromatic nitrogens is 1. The van der Waals surface area contributed by atoms with Gasteiger partial charge in [-0.1, -0.05) is 24.4 Å². The van der Waals surface area contributed by atoms with Crippen LogP contribution >= 0.6 is 23.4 Å². The van der Waals surface area contributed by atoms with Gasteiger partial charge in [0.15, 0.2) is 0 Å². The summed E-state index contributed by atoms with van der Waals surface area (Å²) in [5, 5.41) is -0.134. The predicted molar refractivity (Wildman–Crippen MR) is 84.1 cm³/mol. The molecule has 1 aromatic heterocycles. The van der Waals surface area contributed by atoms with Crippen LogP contribution in [-0.2, 0) is 10.0 Å². The molecule has 8 heteroatoms. The predicted octanol–water partition coefficient (Wildman–Crippen LogP) is 2.23. The molecule has 0 aromatic carbocycles. The van der Waals surface area contributed by atoms with Crippen molar-refractivity contribution >= 4 is 33.4 Å². The standard InChI is InChI=1S/C12H19ClN2O3S2/c1-19-7-5-3-2-4-6-15-20(17,18)10-8-11(13)12(16)14-9-10/h8-9,15H,2-7H2,1H3,(H,14,16). The Kier molecular flexibility index (Phi) is 7.65. The molecule has 0 spiro atoms. The SMILES string of the molecule is CSCCCCCCNS(=O)(=O)c1c[nH]c(=O)c(Cl)c1. The van der Waals surface area contributed by atoms with E-state index in [0.717, 1.165) is 43.7 Å². The highest BCUT2D eigenvalue weighted by atomic mass is 35.5. The fraction of sp³-hybridized carbons (Fsp3) is 0.583. The van der Waals surface area contributed by atoms with Gasteiger partial charge in [0.25, 0.3) is 5.56 Å². The molecule has 0 unspecified atom stereocenters. The number of hydrogen-bond donors (Lipinski definition) is 2. The molecule has 0 amide bonds. The Bertz CT molecular complexity index is 572. The third-order valence-corrected chi connectivity index (χ3v) is 5.13. The van der Waals surface area contributed by atoms with Crippen molar-refractivity contribution in [2.24, 2.45) is 0 Å². The fourth-order valence-electron chi connectivity index (χ4n) is 1.61. The van der Waals surface area contributed by atoms with Gasteiger partial charge in [-0.2, -0.15) is 11.8 Å². The van der Waals surface area contributed by atoms with Crippen molar-refractivity contribution in [3.05, 3.63) is 27.6 Å². The van der Waals surface area contributed by atoms with E-state index in [1.54, 1.807) is 0 Å². The van der Waals surface area contributed by atoms with Gasteiger partial charge in [-0.15, -0.1) is 0 Å². The summed E-state index contributed by atoms with van der Waals surface area (Å²) < 4.78 is 26.4. The van der Waals surface area contributed by atoms with Gasteiger partial charge in [-0.05, 0) is 30.9 Å². The Morgan fingerprint density at radius 1 is 1.30 bits per heavy atom. The highest BCUT2D eigenvalue weighted by molar-refractivity contribution is 7.98. The van der Waals surface area contributed by atoms with Crippen molar-refractivity contribution in [1.82, 2.24) is 9.71 Å². The number of halogens is 1. The van der Waals surface area contributed by atoms with Crippen LogP contribution < -0.4 is 10.3 Å². The number of unbranched alkanes of at least 4 members (excludes halogenated alkanes) is 3. The Morgan fingerprint density at radius 2 is 2.00 bits per heavy atom. The molecule has 0 fully saturated rings. The molecule has 114 valence electrons. The van der Waals surface area contributed by atoms with Gasteiger partial charge in [0.05, 0.1) is 4.90 Å². The van der Waals surface area contributed by atoms with Crippen molar-refractivity contribution in [1.29, 1.82) is 0 Å². The third kappa shape index (κ3) is 5.87. The highest BCUT2D eigenvalue weighted by Crippen LogP contribution is 2.10. The zero-order chi connectivity index (χ0) is 15.0. The van der Waals surface area contributed by atoms with E-state index in [2.05, 4.69) is 16.0 Å². The monoisotopic (exact) mass is 338 g/mol. The summed E-state index contributed by atoms with van der Waals surface area (Å²) in [5.74, 6) is 1.14. The molecule has 0 atom stereocenters. The Hall–Kier alpha value is -0.500. The molecule has 0 bridgehead atoms. The number of pyridine rings is 1. The maximum absolute atomic E-state index is 11.9. The number of rotatable bonds is 9. The van der Waals surface area contributed by atoms with Crippen molar-refractivity contribution in [3.63, 3.8) is 0 Å². The van der Waals surface area contributed by atoms with Gasteiger partial charge in [0.2, 0.25) is 10.0 Å². The summed E-state index contributed by atoms with van der Waals surface area (Å²) in [7, 11) is -3.61. The molecule has 20 heavy (non-hydrogen) atoms. The molecule has 1 rings (SSSR count). The van der Waals surface area contributed by atoms with Crippen LogP contribution in [0.1, 0.15) is 25.7 Å². The molecule has 0 aliphatic carbocycles. The van der Waals surface area contributed by atoms with E-state index in [1.807, 2.05) is 11.8 Å². The first-order valence-corrected chi connectivity index (χ1v) is 9.59. The van der Waals surface area contributed by atoms with Crippen LogP contribution in [0.25, 0.3) is 0 Å². The lowest BCUT2D eigenvalue weighted by Gasteiger charge is -2.06. The number of nitrogens with one attached hydrogen (secondary N) is 2. The average Bonchev–Trinajstić information content (AvgIpc) is 2.40. The molecule has 0 aliphatic heterocycles. The topological polar surface area (TPSA) is 79.0 Å². The number of aromatic amines is 1. The third-order valence-electron chi connectivity index (χ3n) is 2.71. The number of hydrogen-bond acceptors (Lipinski definition) is 4. The zero-order valence-corrected chi connectivity index (χ0v) is 13.7. The minimum Gasteiger partial charge on any atom is -0.326 e. The summed E-state index contributed by atoms with van der Waals surface area (Å²) in [6, 6.07) is 1.15. The van der Waals surface area contributed by atoms with Crippen LogP contribution in [-0.4, -0.2) is 32.0 Å². The first-order valence-electron chi connectivity index (χ1n) is 6.34. The van der Waals surface area contributed by atoms with Gasteiger partial charge < -0.3 is 4.98 Å². The zero-order valence-electron chi connectivity index (χ0n) is 11.3. The lowest BCUT2D eigenvalue weighted by molar-refractivity contribution is 0.573. The van der Waals surface area contributed by atoms with Gasteiger partial charge in [0, 0.05) is 12.7 Å². The van der Waals surface area contributed by atoms with Crippen LogP contribution in [0.2, 0.25) is 5.02 Å². The van der Waals surface area contributed by atoms with Crippen molar-refractivity contribution < 1.29 is 8.42 Å². The summed E-state index contributed by atoms with van der Waals surface area (Å²) in [4.78, 5) is 13.3. The van der Waals surface area contributed by atoms with Crippen molar-refractivity contribution in [3.8, 4) is 0 Å². The molecule has 1 heterocycles. The lowest BCUT2D eigenvalue weighted by atomic mass is 10.2. The summed E-state index contributed by atoms with van der Waals surface area (Å²) >= 11 is 7.43. The van der Waals surface area contributed by atoms with Crippen LogP contribution in [0.3, 0.4) is 0 Å². The number of thioether (sulfide) groups is 1. The van der Waals surface area contributed by atoms with Crippen LogP contribution in [0.5, 0.6) is 0 Å². The van der Waals surface area contributed by atoms with E-state index >= 15 is 0 Å². The first kappa shape index (κ1) is 17.6. The molecule has 2 N–H and O–H groups in total. The number of sulfonamides is 1. The van der Waals surface area contributed by atoms with Gasteiger partial charge in [-0.25, -0.2) is 13.1 Å². The first-order chi connectivity index (χ1) is 9.47. The molecule has 0 saturated heterocycles. The average molecular weight is 339 g/mol. The highest BCUT2D eigenvalue weighted by Gasteiger charge is 2.14. The molecule has 1 aromatic rings. The molecular weight excluding hydrogens is 320 g/mol. The quantitative estimate of drug-likeness (QED) is 0.677. The summed E-state index contributed by atoms with van der Waals surface area (Å²) in [6.07, 6.45) is 7.27. The van der Waals surface area contributed by atoms with E-state index in [9.17, 15) is 13.2 Å². The molecule has 0 radical (unpaired) electrons. The van der Waals surface area contributed by atoms with E-state index < -0.39 is 15.6 Å². The van der Waals surface area contributed by atoms with Crippen molar-refractivity contribution in [2.75, 3.05) is 18.6 Å². The largest absolute Gasteiger partial charge is 0.326 e. The smallest absolute Gasteiger partial charge is 0.266 e. The van der Waals surface area contributed by atoms with Crippen LogP contribution in [0, 0.1) is 0 Å². The molecule has 0 aliphatic rings. The van der Waals surface area contributed by atoms with E-state index in [4.69, 9.17) is 11.6 Å². The fourth-order valence-corrected chi connectivity index (χ4v) is 3.40. The second-order valence-electron chi connectivity index (χ2n) is 4.32. The Balaban J connectivity index is 2.42. The molecule has 5 nitrogen and oxygen atoms in total. The van der Waals surface area contributed by atoms with E-state index in [1.165, 1.54) is 0 Å². The van der Waals surface area contributed by atoms with Gasteiger partial charge in [-0.3, -0.25) is 4.79 Å². The minimum atomic E-state index is -3.61.